The van der Waals surface area contributed by atoms with E-state index in [9.17, 15) is 25.2 Å². The first kappa shape index (κ1) is 52.8. The van der Waals surface area contributed by atoms with Crippen molar-refractivity contribution >= 4 is 5.91 Å². The second-order valence-electron chi connectivity index (χ2n) is 16.4. The van der Waals surface area contributed by atoms with Crippen LogP contribution < -0.4 is 5.32 Å². The van der Waals surface area contributed by atoms with E-state index in [1.807, 2.05) is 0 Å². The third-order valence-corrected chi connectivity index (χ3v) is 11.1. The first-order valence-electron chi connectivity index (χ1n) is 23.7. The molecule has 4 atom stereocenters. The molecule has 5 N–H and O–H groups in total. The summed E-state index contributed by atoms with van der Waals surface area (Å²) in [6, 6.07) is -1.00. The summed E-state index contributed by atoms with van der Waals surface area (Å²) in [6.07, 6.45) is 49.4. The van der Waals surface area contributed by atoms with Crippen molar-refractivity contribution in [1.82, 2.24) is 5.32 Å². The molecule has 0 bridgehead atoms. The van der Waals surface area contributed by atoms with Gasteiger partial charge in [-0.05, 0) is 51.4 Å². The lowest BCUT2D eigenvalue weighted by Gasteiger charge is -2.27. The van der Waals surface area contributed by atoms with E-state index in [1.54, 1.807) is 0 Å². The summed E-state index contributed by atoms with van der Waals surface area (Å²) >= 11 is 0. The summed E-state index contributed by atoms with van der Waals surface area (Å²) in [4.78, 5) is 12.5. The van der Waals surface area contributed by atoms with E-state index in [-0.39, 0.29) is 0 Å². The van der Waals surface area contributed by atoms with E-state index in [1.165, 1.54) is 167 Å². The van der Waals surface area contributed by atoms with Gasteiger partial charge in [0.2, 0.25) is 5.91 Å². The highest BCUT2D eigenvalue weighted by Crippen LogP contribution is 2.17. The summed E-state index contributed by atoms with van der Waals surface area (Å²) < 4.78 is 0. The molecule has 0 saturated heterocycles. The molecular weight excluding hydrogens is 671 g/mol. The van der Waals surface area contributed by atoms with Crippen LogP contribution in [0.1, 0.15) is 245 Å². The van der Waals surface area contributed by atoms with Gasteiger partial charge in [0.25, 0.3) is 0 Å². The van der Waals surface area contributed by atoms with E-state index in [4.69, 9.17) is 0 Å². The van der Waals surface area contributed by atoms with E-state index in [0.29, 0.717) is 19.3 Å². The summed E-state index contributed by atoms with van der Waals surface area (Å²) in [7, 11) is 0. The van der Waals surface area contributed by atoms with E-state index >= 15 is 0 Å². The number of amides is 1. The molecule has 0 saturated carbocycles. The van der Waals surface area contributed by atoms with Crippen molar-refractivity contribution in [1.29, 1.82) is 0 Å². The van der Waals surface area contributed by atoms with Crippen molar-refractivity contribution in [3.8, 4) is 0 Å². The molecule has 54 heavy (non-hydrogen) atoms. The van der Waals surface area contributed by atoms with Gasteiger partial charge >= 0.3 is 0 Å². The van der Waals surface area contributed by atoms with Gasteiger partial charge in [-0.2, -0.15) is 0 Å². The van der Waals surface area contributed by atoms with Gasteiger partial charge in [0.15, 0.2) is 0 Å². The molecule has 0 aliphatic rings. The zero-order chi connectivity index (χ0) is 39.6. The quantitative estimate of drug-likeness (QED) is 0.0314. The van der Waals surface area contributed by atoms with Gasteiger partial charge in [-0.15, -0.1) is 0 Å². The Labute approximate surface area is 335 Å². The van der Waals surface area contributed by atoms with Crippen molar-refractivity contribution in [2.24, 2.45) is 0 Å². The van der Waals surface area contributed by atoms with Crippen LogP contribution in [-0.4, -0.2) is 57.3 Å². The highest BCUT2D eigenvalue weighted by Gasteiger charge is 2.28. The number of nitrogens with one attached hydrogen (secondary N) is 1. The van der Waals surface area contributed by atoms with Gasteiger partial charge < -0.3 is 25.7 Å². The average Bonchev–Trinajstić information content (AvgIpc) is 3.18. The molecule has 0 heterocycles. The number of hydrogen-bond donors (Lipinski definition) is 5. The molecule has 6 heteroatoms. The van der Waals surface area contributed by atoms with Crippen LogP contribution in [0, 0.1) is 0 Å². The molecule has 4 unspecified atom stereocenters. The third kappa shape index (κ3) is 36.4. The normalized spacial score (nSPS) is 14.3. The van der Waals surface area contributed by atoms with Crippen molar-refractivity contribution in [3.63, 3.8) is 0 Å². The smallest absolute Gasteiger partial charge is 0.249 e. The predicted molar refractivity (Wildman–Crippen MR) is 233 cm³/mol. The fourth-order valence-electron chi connectivity index (χ4n) is 7.36. The molecule has 0 aromatic rings. The van der Waals surface area contributed by atoms with E-state index in [0.717, 1.165) is 44.9 Å². The molecule has 0 aromatic heterocycles. The molecule has 0 aromatic carbocycles. The van der Waals surface area contributed by atoms with Gasteiger partial charge in [0, 0.05) is 0 Å². The largest absolute Gasteiger partial charge is 0.394 e. The number of rotatable bonds is 43. The fourth-order valence-corrected chi connectivity index (χ4v) is 7.36. The van der Waals surface area contributed by atoms with Gasteiger partial charge in [0.05, 0.1) is 18.8 Å². The molecule has 0 rings (SSSR count). The standard InChI is InChI=1S/C48H93NO5/c1-3-5-7-9-11-13-15-17-18-19-20-21-22-23-24-25-26-27-28-30-32-34-36-38-40-42-46(52)48(54)49-44(43-50)47(53)45(51)41-39-37-35-33-31-29-16-14-12-10-8-6-4-2/h14,16,33,35,44-47,50-53H,3-13,15,17-32,34,36-43H2,1-2H3,(H,49,54)/b16-14+,35-33+. The number of unbranched alkanes of at least 4 members (excludes halogenated alkanes) is 30. The molecule has 0 fully saturated rings. The van der Waals surface area contributed by atoms with Crippen LogP contribution >= 0.6 is 0 Å². The highest BCUT2D eigenvalue weighted by molar-refractivity contribution is 5.80. The van der Waals surface area contributed by atoms with Crippen LogP contribution in [0.5, 0.6) is 0 Å². The lowest BCUT2D eigenvalue weighted by Crippen LogP contribution is -2.53. The van der Waals surface area contributed by atoms with Crippen molar-refractivity contribution in [2.45, 2.75) is 269 Å². The average molecular weight is 764 g/mol. The monoisotopic (exact) mass is 764 g/mol. The first-order chi connectivity index (χ1) is 26.5. The van der Waals surface area contributed by atoms with Crippen LogP contribution in [0.4, 0.5) is 0 Å². The van der Waals surface area contributed by atoms with Crippen LogP contribution in [0.25, 0.3) is 0 Å². The van der Waals surface area contributed by atoms with Crippen LogP contribution in [0.2, 0.25) is 0 Å². The zero-order valence-electron chi connectivity index (χ0n) is 36.0. The first-order valence-corrected chi connectivity index (χ1v) is 23.7. The zero-order valence-corrected chi connectivity index (χ0v) is 36.0. The van der Waals surface area contributed by atoms with Crippen LogP contribution in [-0.2, 0) is 4.79 Å². The lowest BCUT2D eigenvalue weighted by molar-refractivity contribution is -0.132. The molecule has 0 radical (unpaired) electrons. The maximum atomic E-state index is 12.5. The molecular formula is C48H93NO5. The number of carbonyl (C=O) groups is 1. The Morgan fingerprint density at radius 2 is 0.778 bits per heavy atom. The molecule has 0 aliphatic heterocycles. The minimum absolute atomic E-state index is 0.364. The minimum atomic E-state index is -1.29. The fraction of sp³-hybridized carbons (Fsp3) is 0.896. The van der Waals surface area contributed by atoms with E-state index < -0.39 is 36.9 Å². The van der Waals surface area contributed by atoms with Crippen molar-refractivity contribution in [3.05, 3.63) is 24.3 Å². The Kier molecular flexibility index (Phi) is 42.0. The number of aliphatic hydroxyl groups excluding tert-OH is 4. The van der Waals surface area contributed by atoms with E-state index in [2.05, 4.69) is 43.5 Å². The number of aliphatic hydroxyl groups is 4. The summed E-state index contributed by atoms with van der Waals surface area (Å²) in [5, 5.41) is 43.6. The van der Waals surface area contributed by atoms with Gasteiger partial charge in [-0.25, -0.2) is 0 Å². The SMILES string of the molecule is CCCCCC/C=C/CC/C=C/CCCC(O)C(O)C(CO)NC(=O)C(O)CCCCCCCCCCCCCCCCCCCCCCCCCCC. The predicted octanol–water partition coefficient (Wildman–Crippen LogP) is 12.7. The molecule has 0 spiro atoms. The Morgan fingerprint density at radius 3 is 1.17 bits per heavy atom. The maximum absolute atomic E-state index is 12.5. The van der Waals surface area contributed by atoms with Crippen LogP contribution in [0.15, 0.2) is 24.3 Å². The van der Waals surface area contributed by atoms with Gasteiger partial charge in [-0.3, -0.25) is 4.79 Å². The highest BCUT2D eigenvalue weighted by atomic mass is 16.3. The molecule has 0 aliphatic carbocycles. The molecule has 6 nitrogen and oxygen atoms in total. The Morgan fingerprint density at radius 1 is 0.444 bits per heavy atom. The number of hydrogen-bond acceptors (Lipinski definition) is 5. The summed E-state index contributed by atoms with van der Waals surface area (Å²) in [5.41, 5.74) is 0. The van der Waals surface area contributed by atoms with Crippen LogP contribution in [0.3, 0.4) is 0 Å². The van der Waals surface area contributed by atoms with Gasteiger partial charge in [0.1, 0.15) is 12.2 Å². The second-order valence-corrected chi connectivity index (χ2v) is 16.4. The molecule has 1 amide bonds. The lowest BCUT2D eigenvalue weighted by atomic mass is 10.00. The Bertz CT molecular complexity index is 817. The summed E-state index contributed by atoms with van der Waals surface area (Å²) in [6.45, 7) is 4.02. The van der Waals surface area contributed by atoms with Crippen molar-refractivity contribution < 1.29 is 25.2 Å². The second kappa shape index (κ2) is 42.9. The summed E-state index contributed by atoms with van der Waals surface area (Å²) in [5.74, 6) is -0.595. The Balaban J connectivity index is 3.66. The Hall–Kier alpha value is -1.21. The van der Waals surface area contributed by atoms with Crippen molar-refractivity contribution in [2.75, 3.05) is 6.61 Å². The topological polar surface area (TPSA) is 110 Å². The number of allylic oxidation sites excluding steroid dienone is 4. The van der Waals surface area contributed by atoms with Gasteiger partial charge in [-0.1, -0.05) is 218 Å². The molecule has 320 valence electrons. The third-order valence-electron chi connectivity index (χ3n) is 11.1. The maximum Gasteiger partial charge on any atom is 0.249 e. The minimum Gasteiger partial charge on any atom is -0.394 e. The number of carbonyl (C=O) groups excluding carboxylic acids is 1.